The zero-order chi connectivity index (χ0) is 20.7. The average Bonchev–Trinajstić information content (AvgIpc) is 3.42. The lowest BCUT2D eigenvalue weighted by Crippen LogP contribution is -2.31. The molecule has 3 rings (SSSR count). The van der Waals surface area contributed by atoms with E-state index in [-0.39, 0.29) is 17.0 Å². The number of nitro benzene ring substituents is 1. The fraction of sp³-hybridized carbons (Fsp3) is 0.435. The van der Waals surface area contributed by atoms with Crippen molar-refractivity contribution in [2.24, 2.45) is 5.92 Å². The summed E-state index contributed by atoms with van der Waals surface area (Å²) in [4.78, 5) is 22.7. The average molecular weight is 381 g/mol. The van der Waals surface area contributed by atoms with Crippen molar-refractivity contribution < 1.29 is 14.5 Å². The van der Waals surface area contributed by atoms with Gasteiger partial charge in [0.2, 0.25) is 0 Å². The number of carbonyl (C=O) groups is 1. The molecule has 28 heavy (non-hydrogen) atoms. The normalized spacial score (nSPS) is 19.2. The van der Waals surface area contributed by atoms with Crippen LogP contribution in [0.25, 0.3) is 0 Å². The van der Waals surface area contributed by atoms with Crippen molar-refractivity contribution in [1.82, 2.24) is 0 Å². The molecule has 2 atom stereocenters. The number of rotatable bonds is 5. The predicted molar refractivity (Wildman–Crippen MR) is 109 cm³/mol. The summed E-state index contributed by atoms with van der Waals surface area (Å²) in [6.07, 6.45) is 0.982. The second-order valence-corrected chi connectivity index (χ2v) is 9.12. The lowest BCUT2D eigenvalue weighted by atomic mass is 9.86. The summed E-state index contributed by atoms with van der Waals surface area (Å²) >= 11 is 0. The minimum Gasteiger partial charge on any atom is -0.456 e. The Morgan fingerprint density at radius 2 is 1.57 bits per heavy atom. The van der Waals surface area contributed by atoms with Crippen LogP contribution in [-0.4, -0.2) is 16.5 Å². The molecule has 0 N–H and O–H groups in total. The van der Waals surface area contributed by atoms with Gasteiger partial charge in [-0.3, -0.25) is 10.1 Å². The van der Waals surface area contributed by atoms with E-state index in [0.717, 1.165) is 6.42 Å². The Morgan fingerprint density at radius 1 is 1.00 bits per heavy atom. The summed E-state index contributed by atoms with van der Waals surface area (Å²) in [7, 11) is 0. The molecule has 1 aliphatic carbocycles. The molecule has 0 aliphatic heterocycles. The van der Waals surface area contributed by atoms with E-state index in [1.54, 1.807) is 0 Å². The molecule has 0 bridgehead atoms. The first-order valence-electron chi connectivity index (χ1n) is 9.57. The van der Waals surface area contributed by atoms with E-state index in [2.05, 4.69) is 45.0 Å². The molecule has 1 saturated carbocycles. The number of nitro groups is 1. The smallest absolute Gasteiger partial charge is 0.338 e. The molecule has 148 valence electrons. The Balaban J connectivity index is 1.65. The monoisotopic (exact) mass is 381 g/mol. The van der Waals surface area contributed by atoms with Crippen LogP contribution >= 0.6 is 0 Å². The third-order valence-corrected chi connectivity index (χ3v) is 5.56. The van der Waals surface area contributed by atoms with Crippen molar-refractivity contribution in [3.05, 3.63) is 75.3 Å². The molecule has 0 radical (unpaired) electrons. The Bertz CT molecular complexity index is 876. The minimum absolute atomic E-state index is 0.0447. The maximum atomic E-state index is 12.5. The summed E-state index contributed by atoms with van der Waals surface area (Å²) < 4.78 is 5.77. The molecule has 5 nitrogen and oxygen atoms in total. The first-order valence-corrected chi connectivity index (χ1v) is 9.57. The molecule has 0 aromatic heterocycles. The molecule has 0 unspecified atom stereocenters. The molecule has 0 amide bonds. The number of hydrogen-bond acceptors (Lipinski definition) is 4. The van der Waals surface area contributed by atoms with Gasteiger partial charge in [0.15, 0.2) is 0 Å². The maximum Gasteiger partial charge on any atom is 0.338 e. The number of hydrogen-bond donors (Lipinski definition) is 0. The molecule has 0 saturated heterocycles. The number of carbonyl (C=O) groups excluding carboxylic acids is 1. The van der Waals surface area contributed by atoms with E-state index in [1.165, 1.54) is 35.4 Å². The third kappa shape index (κ3) is 4.24. The van der Waals surface area contributed by atoms with Crippen LogP contribution in [0.15, 0.2) is 48.5 Å². The summed E-state index contributed by atoms with van der Waals surface area (Å²) in [5, 5.41) is 10.7. The van der Waals surface area contributed by atoms with Crippen molar-refractivity contribution in [1.29, 1.82) is 0 Å². The van der Waals surface area contributed by atoms with E-state index in [1.807, 2.05) is 13.8 Å². The summed E-state index contributed by atoms with van der Waals surface area (Å²) in [6, 6.07) is 14.2. The van der Waals surface area contributed by atoms with Gasteiger partial charge >= 0.3 is 5.97 Å². The van der Waals surface area contributed by atoms with Crippen LogP contribution in [0, 0.1) is 16.0 Å². The Hall–Kier alpha value is -2.69. The number of non-ortho nitro benzene ring substituents is 1. The Morgan fingerprint density at radius 3 is 2.07 bits per heavy atom. The highest BCUT2D eigenvalue weighted by atomic mass is 16.6. The van der Waals surface area contributed by atoms with Crippen molar-refractivity contribution in [2.75, 3.05) is 0 Å². The predicted octanol–water partition coefficient (Wildman–Crippen LogP) is 5.63. The van der Waals surface area contributed by atoms with Gasteiger partial charge in [0.25, 0.3) is 5.69 Å². The van der Waals surface area contributed by atoms with Crippen LogP contribution in [0.3, 0.4) is 0 Å². The molecule has 0 heterocycles. The number of benzene rings is 2. The fourth-order valence-corrected chi connectivity index (χ4v) is 3.65. The number of ether oxygens (including phenoxy) is 1. The van der Waals surface area contributed by atoms with Gasteiger partial charge < -0.3 is 4.74 Å². The highest BCUT2D eigenvalue weighted by Crippen LogP contribution is 2.54. The van der Waals surface area contributed by atoms with Gasteiger partial charge in [0.1, 0.15) is 5.60 Å². The van der Waals surface area contributed by atoms with Crippen molar-refractivity contribution >= 4 is 11.7 Å². The minimum atomic E-state index is -0.605. The molecule has 1 fully saturated rings. The molecule has 1 aliphatic rings. The van der Waals surface area contributed by atoms with Crippen molar-refractivity contribution in [3.8, 4) is 0 Å². The first-order chi connectivity index (χ1) is 13.0. The quantitative estimate of drug-likeness (QED) is 0.382. The topological polar surface area (TPSA) is 69.4 Å². The standard InChI is InChI=1S/C23H27NO4/c1-22(2,3)17-10-6-15(7-11-17)19-14-20(19)23(4,5)28-21(25)16-8-12-18(13-9-16)24(26)27/h6-13,19-20H,14H2,1-5H3/t19-,20+/m1/s1. The highest BCUT2D eigenvalue weighted by molar-refractivity contribution is 5.90. The fourth-order valence-electron chi connectivity index (χ4n) is 3.65. The molecule has 2 aromatic rings. The van der Waals surface area contributed by atoms with E-state index < -0.39 is 16.5 Å². The van der Waals surface area contributed by atoms with Crippen LogP contribution in [0.2, 0.25) is 0 Å². The van der Waals surface area contributed by atoms with Gasteiger partial charge in [-0.25, -0.2) is 4.79 Å². The zero-order valence-corrected chi connectivity index (χ0v) is 17.1. The Labute approximate surface area is 165 Å². The Kier molecular flexibility index (Phi) is 5.04. The lowest BCUT2D eigenvalue weighted by Gasteiger charge is -2.26. The number of esters is 1. The van der Waals surface area contributed by atoms with Gasteiger partial charge in [-0.2, -0.15) is 0 Å². The number of nitrogens with zero attached hydrogens (tertiary/aromatic N) is 1. The van der Waals surface area contributed by atoms with Gasteiger partial charge in [-0.15, -0.1) is 0 Å². The SMILES string of the molecule is CC(C)(C)c1ccc([C@H]2C[C@@H]2C(C)(C)OC(=O)c2ccc([N+](=O)[O-])cc2)cc1. The van der Waals surface area contributed by atoms with Crippen LogP contribution < -0.4 is 0 Å². The van der Waals surface area contributed by atoms with Crippen LogP contribution in [0.4, 0.5) is 5.69 Å². The second-order valence-electron chi connectivity index (χ2n) is 9.12. The van der Waals surface area contributed by atoms with Crippen LogP contribution in [0.5, 0.6) is 0 Å². The third-order valence-electron chi connectivity index (χ3n) is 5.56. The van der Waals surface area contributed by atoms with E-state index in [4.69, 9.17) is 4.74 Å². The summed E-state index contributed by atoms with van der Waals surface area (Å²) in [5.74, 6) is 0.192. The second kappa shape index (κ2) is 7.04. The van der Waals surface area contributed by atoms with Gasteiger partial charge in [-0.1, -0.05) is 45.0 Å². The molecular weight excluding hydrogens is 354 g/mol. The van der Waals surface area contributed by atoms with Gasteiger partial charge in [0, 0.05) is 18.1 Å². The summed E-state index contributed by atoms with van der Waals surface area (Å²) in [5.41, 5.74) is 2.38. The maximum absolute atomic E-state index is 12.5. The van der Waals surface area contributed by atoms with Gasteiger partial charge in [0.05, 0.1) is 10.5 Å². The van der Waals surface area contributed by atoms with Crippen LogP contribution in [-0.2, 0) is 10.2 Å². The highest BCUT2D eigenvalue weighted by Gasteiger charge is 2.50. The van der Waals surface area contributed by atoms with Crippen molar-refractivity contribution in [2.45, 2.75) is 58.0 Å². The molecule has 5 heteroatoms. The zero-order valence-electron chi connectivity index (χ0n) is 17.1. The summed E-state index contributed by atoms with van der Waals surface area (Å²) in [6.45, 7) is 10.5. The van der Waals surface area contributed by atoms with Crippen LogP contribution in [0.1, 0.15) is 68.4 Å². The molecular formula is C23H27NO4. The van der Waals surface area contributed by atoms with Crippen molar-refractivity contribution in [3.63, 3.8) is 0 Å². The van der Waals surface area contributed by atoms with E-state index in [9.17, 15) is 14.9 Å². The largest absolute Gasteiger partial charge is 0.456 e. The molecule has 2 aromatic carbocycles. The molecule has 0 spiro atoms. The van der Waals surface area contributed by atoms with E-state index >= 15 is 0 Å². The first kappa shape index (κ1) is 20.1. The lowest BCUT2D eigenvalue weighted by molar-refractivity contribution is -0.384. The van der Waals surface area contributed by atoms with Gasteiger partial charge in [-0.05, 0) is 54.9 Å². The van der Waals surface area contributed by atoms with E-state index in [0.29, 0.717) is 11.5 Å².